The number of hydrogen-bond acceptors (Lipinski definition) is 4. The summed E-state index contributed by atoms with van der Waals surface area (Å²) in [7, 11) is 0. The lowest BCUT2D eigenvalue weighted by Crippen LogP contribution is -2.49. The first-order chi connectivity index (χ1) is 9.49. The first-order valence-corrected chi connectivity index (χ1v) is 6.49. The monoisotopic (exact) mass is 281 g/mol. The van der Waals surface area contributed by atoms with Gasteiger partial charge in [0.15, 0.2) is 0 Å². The molecular formula is C13H16FN3O3. The summed E-state index contributed by atoms with van der Waals surface area (Å²) in [6.07, 6.45) is 3.49. The molecule has 0 bridgehead atoms. The van der Waals surface area contributed by atoms with Crippen LogP contribution in [0.25, 0.3) is 0 Å². The van der Waals surface area contributed by atoms with Gasteiger partial charge in [0.1, 0.15) is 11.4 Å². The maximum Gasteiger partial charge on any atom is 0.282 e. The number of carbonyl (C=O) groups is 1. The largest absolute Gasteiger partial charge is 0.348 e. The van der Waals surface area contributed by atoms with E-state index < -0.39 is 22.3 Å². The predicted octanol–water partition coefficient (Wildman–Crippen LogP) is 1.73. The Labute approximate surface area is 115 Å². The highest BCUT2D eigenvalue weighted by atomic mass is 19.1. The van der Waals surface area contributed by atoms with Gasteiger partial charge in [0.25, 0.3) is 11.6 Å². The summed E-state index contributed by atoms with van der Waals surface area (Å²) in [4.78, 5) is 22.3. The molecule has 0 saturated heterocycles. The van der Waals surface area contributed by atoms with Gasteiger partial charge in [0.2, 0.25) is 0 Å². The van der Waals surface area contributed by atoms with Crippen molar-refractivity contribution in [3.8, 4) is 0 Å². The highest BCUT2D eigenvalue weighted by Gasteiger charge is 2.27. The minimum atomic E-state index is -0.699. The van der Waals surface area contributed by atoms with Crippen molar-refractivity contribution in [3.05, 3.63) is 39.7 Å². The zero-order valence-corrected chi connectivity index (χ0v) is 10.8. The second-order valence-electron chi connectivity index (χ2n) is 4.95. The zero-order valence-electron chi connectivity index (χ0n) is 10.8. The molecule has 3 N–H and O–H groups in total. The number of nitrogens with one attached hydrogen (secondary N) is 1. The van der Waals surface area contributed by atoms with E-state index in [2.05, 4.69) is 5.32 Å². The molecule has 0 unspecified atom stereocenters. The molecule has 1 fully saturated rings. The summed E-state index contributed by atoms with van der Waals surface area (Å²) in [6, 6.07) is 2.44. The molecule has 20 heavy (non-hydrogen) atoms. The number of nitro groups is 1. The Kier molecular flexibility index (Phi) is 4.29. The molecule has 7 heteroatoms. The van der Waals surface area contributed by atoms with Crippen LogP contribution in [0.3, 0.4) is 0 Å². The molecule has 1 amide bonds. The average molecular weight is 281 g/mol. The van der Waals surface area contributed by atoms with Gasteiger partial charge in [0.05, 0.1) is 4.92 Å². The number of nitrogens with two attached hydrogens (primary N) is 1. The van der Waals surface area contributed by atoms with E-state index in [1.54, 1.807) is 0 Å². The van der Waals surface area contributed by atoms with Crippen LogP contribution in [-0.2, 0) is 0 Å². The SMILES string of the molecule is N[C@@H]1CCCC[C@H]1NC(=O)c1cc(F)ccc1[N+](=O)[O-]. The third-order valence-corrected chi connectivity index (χ3v) is 3.54. The third-order valence-electron chi connectivity index (χ3n) is 3.54. The molecule has 1 aromatic carbocycles. The Morgan fingerprint density at radius 2 is 2.10 bits per heavy atom. The van der Waals surface area contributed by atoms with Gasteiger partial charge in [-0.25, -0.2) is 4.39 Å². The highest BCUT2D eigenvalue weighted by molar-refractivity contribution is 5.98. The van der Waals surface area contributed by atoms with Gasteiger partial charge in [-0.05, 0) is 25.0 Å². The van der Waals surface area contributed by atoms with E-state index >= 15 is 0 Å². The number of benzene rings is 1. The fourth-order valence-corrected chi connectivity index (χ4v) is 2.43. The second-order valence-corrected chi connectivity index (χ2v) is 4.95. The molecule has 0 aromatic heterocycles. The van der Waals surface area contributed by atoms with Crippen LogP contribution in [0.2, 0.25) is 0 Å². The van der Waals surface area contributed by atoms with E-state index in [4.69, 9.17) is 5.73 Å². The van der Waals surface area contributed by atoms with Crippen LogP contribution < -0.4 is 11.1 Å². The summed E-state index contributed by atoms with van der Waals surface area (Å²) >= 11 is 0. The van der Waals surface area contributed by atoms with E-state index in [1.807, 2.05) is 0 Å². The van der Waals surface area contributed by atoms with Crippen molar-refractivity contribution in [2.24, 2.45) is 5.73 Å². The van der Waals surface area contributed by atoms with Gasteiger partial charge in [-0.3, -0.25) is 14.9 Å². The zero-order chi connectivity index (χ0) is 14.7. The number of hydrogen-bond donors (Lipinski definition) is 2. The van der Waals surface area contributed by atoms with Crippen LogP contribution >= 0.6 is 0 Å². The Morgan fingerprint density at radius 1 is 1.40 bits per heavy atom. The van der Waals surface area contributed by atoms with Gasteiger partial charge >= 0.3 is 0 Å². The normalized spacial score (nSPS) is 22.3. The standard InChI is InChI=1S/C13H16FN3O3/c14-8-5-6-12(17(19)20)9(7-8)13(18)16-11-4-2-1-3-10(11)15/h5-7,10-11H,1-4,15H2,(H,16,18)/t10-,11-/m1/s1. The Morgan fingerprint density at radius 3 is 2.75 bits per heavy atom. The lowest BCUT2D eigenvalue weighted by atomic mass is 9.91. The molecule has 0 spiro atoms. The van der Waals surface area contributed by atoms with Crippen molar-refractivity contribution in [1.29, 1.82) is 0 Å². The summed E-state index contributed by atoms with van der Waals surface area (Å²) < 4.78 is 13.2. The molecule has 1 aliphatic carbocycles. The first-order valence-electron chi connectivity index (χ1n) is 6.49. The molecular weight excluding hydrogens is 265 g/mol. The third kappa shape index (κ3) is 3.11. The maximum atomic E-state index is 13.2. The van der Waals surface area contributed by atoms with Crippen LogP contribution in [0.4, 0.5) is 10.1 Å². The molecule has 2 atom stereocenters. The van der Waals surface area contributed by atoms with Gasteiger partial charge in [-0.1, -0.05) is 12.8 Å². The van der Waals surface area contributed by atoms with E-state index in [0.29, 0.717) is 0 Å². The number of nitro benzene ring substituents is 1. The highest BCUT2D eigenvalue weighted by Crippen LogP contribution is 2.21. The van der Waals surface area contributed by atoms with Crippen molar-refractivity contribution in [3.63, 3.8) is 0 Å². The molecule has 6 nitrogen and oxygen atoms in total. The van der Waals surface area contributed by atoms with Crippen molar-refractivity contribution < 1.29 is 14.1 Å². The summed E-state index contributed by atoms with van der Waals surface area (Å²) in [5.74, 6) is -1.34. The van der Waals surface area contributed by atoms with E-state index in [1.165, 1.54) is 0 Å². The average Bonchev–Trinajstić information content (AvgIpc) is 2.40. The molecule has 0 aliphatic heterocycles. The van der Waals surface area contributed by atoms with Crippen LogP contribution in [0.5, 0.6) is 0 Å². The van der Waals surface area contributed by atoms with E-state index in [9.17, 15) is 19.3 Å². The van der Waals surface area contributed by atoms with Crippen LogP contribution in [0.15, 0.2) is 18.2 Å². The number of carbonyl (C=O) groups excluding carboxylic acids is 1. The number of nitrogens with zero attached hydrogens (tertiary/aromatic N) is 1. The molecule has 1 aliphatic rings. The van der Waals surface area contributed by atoms with E-state index in [-0.39, 0.29) is 17.6 Å². The van der Waals surface area contributed by atoms with Gasteiger partial charge < -0.3 is 11.1 Å². The topological polar surface area (TPSA) is 98.3 Å². The minimum Gasteiger partial charge on any atom is -0.348 e. The van der Waals surface area contributed by atoms with Crippen LogP contribution in [0.1, 0.15) is 36.0 Å². The van der Waals surface area contributed by atoms with E-state index in [0.717, 1.165) is 43.9 Å². The van der Waals surface area contributed by atoms with Crippen molar-refractivity contribution in [2.75, 3.05) is 0 Å². The molecule has 0 radical (unpaired) electrons. The number of amides is 1. The van der Waals surface area contributed by atoms with Crippen molar-refractivity contribution in [2.45, 2.75) is 37.8 Å². The van der Waals surface area contributed by atoms with Gasteiger partial charge in [-0.15, -0.1) is 0 Å². The van der Waals surface area contributed by atoms with Crippen LogP contribution in [-0.4, -0.2) is 22.9 Å². The Balaban J connectivity index is 2.20. The maximum absolute atomic E-state index is 13.2. The fraction of sp³-hybridized carbons (Fsp3) is 0.462. The Bertz CT molecular complexity index is 536. The lowest BCUT2D eigenvalue weighted by molar-refractivity contribution is -0.385. The van der Waals surface area contributed by atoms with Gasteiger partial charge in [0, 0.05) is 18.2 Å². The molecule has 1 saturated carbocycles. The second kappa shape index (κ2) is 5.96. The molecule has 108 valence electrons. The quantitative estimate of drug-likeness (QED) is 0.651. The first kappa shape index (κ1) is 14.4. The van der Waals surface area contributed by atoms with Gasteiger partial charge in [-0.2, -0.15) is 0 Å². The van der Waals surface area contributed by atoms with Crippen molar-refractivity contribution >= 4 is 11.6 Å². The summed E-state index contributed by atoms with van der Waals surface area (Å²) in [6.45, 7) is 0. The smallest absolute Gasteiger partial charge is 0.282 e. The molecule has 1 aromatic rings. The predicted molar refractivity (Wildman–Crippen MR) is 70.8 cm³/mol. The minimum absolute atomic E-state index is 0.166. The van der Waals surface area contributed by atoms with Crippen LogP contribution in [0, 0.1) is 15.9 Å². The summed E-state index contributed by atoms with van der Waals surface area (Å²) in [5.41, 5.74) is 5.23. The summed E-state index contributed by atoms with van der Waals surface area (Å²) in [5, 5.41) is 13.5. The number of rotatable bonds is 3. The van der Waals surface area contributed by atoms with Crippen molar-refractivity contribution in [1.82, 2.24) is 5.32 Å². The molecule has 2 rings (SSSR count). The fourth-order valence-electron chi connectivity index (χ4n) is 2.43. The lowest BCUT2D eigenvalue weighted by Gasteiger charge is -2.29. The number of halogens is 1. The molecule has 0 heterocycles. The Hall–Kier alpha value is -2.02.